The first kappa shape index (κ1) is 70.4. The minimum atomic E-state index is -0.776. The van der Waals surface area contributed by atoms with Crippen molar-refractivity contribution in [2.24, 2.45) is 0 Å². The molecule has 0 N–H and O–H groups in total. The highest BCUT2D eigenvalue weighted by Crippen LogP contribution is 2.17. The van der Waals surface area contributed by atoms with Gasteiger partial charge in [-0.25, -0.2) is 0 Å². The number of esters is 3. The van der Waals surface area contributed by atoms with E-state index in [0.29, 0.717) is 19.3 Å². The van der Waals surface area contributed by atoms with E-state index in [1.54, 1.807) is 0 Å². The van der Waals surface area contributed by atoms with Crippen LogP contribution in [0.4, 0.5) is 0 Å². The largest absolute Gasteiger partial charge is 0.462 e. The van der Waals surface area contributed by atoms with Crippen molar-refractivity contribution >= 4 is 17.9 Å². The van der Waals surface area contributed by atoms with Crippen molar-refractivity contribution in [1.29, 1.82) is 0 Å². The third-order valence-electron chi connectivity index (χ3n) is 14.3. The van der Waals surface area contributed by atoms with Crippen molar-refractivity contribution in [3.8, 4) is 0 Å². The zero-order chi connectivity index (χ0) is 52.9. The molecule has 0 unspecified atom stereocenters. The summed E-state index contributed by atoms with van der Waals surface area (Å²) in [6.07, 6.45) is 76.8. The standard InChI is InChI=1S/C67H122O6/c1-4-7-10-13-16-19-22-25-28-31-33-36-39-42-45-48-51-54-57-60-66(69)72-63-64(62-71-65(68)59-56-53-50-47-44-41-38-35-30-27-24-21-18-15-12-9-6-3)73-67(70)61-58-55-52-49-46-43-40-37-34-32-29-26-23-20-17-14-11-8-5-2/h16-17,19-20,25-26,28-29,64H,4-15,18,21-24,27,30-63H2,1-3H3/b19-16+,20-17+,28-25+,29-26+/t64-/m1/s1. The van der Waals surface area contributed by atoms with E-state index in [4.69, 9.17) is 14.2 Å². The van der Waals surface area contributed by atoms with Gasteiger partial charge in [-0.2, -0.15) is 0 Å². The highest BCUT2D eigenvalue weighted by molar-refractivity contribution is 5.71. The van der Waals surface area contributed by atoms with Gasteiger partial charge >= 0.3 is 17.9 Å². The molecular formula is C67H122O6. The lowest BCUT2D eigenvalue weighted by Gasteiger charge is -2.18. The molecule has 0 heterocycles. The van der Waals surface area contributed by atoms with Crippen molar-refractivity contribution in [3.63, 3.8) is 0 Å². The summed E-state index contributed by atoms with van der Waals surface area (Å²) in [7, 11) is 0. The molecule has 73 heavy (non-hydrogen) atoms. The first-order chi connectivity index (χ1) is 36.0. The zero-order valence-corrected chi connectivity index (χ0v) is 48.9. The van der Waals surface area contributed by atoms with Crippen molar-refractivity contribution in [1.82, 2.24) is 0 Å². The summed E-state index contributed by atoms with van der Waals surface area (Å²) in [5.74, 6) is -0.859. The average molecular weight is 1020 g/mol. The van der Waals surface area contributed by atoms with Gasteiger partial charge in [-0.3, -0.25) is 14.4 Å². The van der Waals surface area contributed by atoms with Gasteiger partial charge in [0, 0.05) is 19.3 Å². The van der Waals surface area contributed by atoms with Gasteiger partial charge in [0.2, 0.25) is 0 Å². The zero-order valence-electron chi connectivity index (χ0n) is 48.9. The topological polar surface area (TPSA) is 78.9 Å². The Hall–Kier alpha value is -2.63. The van der Waals surface area contributed by atoms with Crippen molar-refractivity contribution < 1.29 is 28.6 Å². The molecule has 0 aromatic rings. The second-order valence-electron chi connectivity index (χ2n) is 21.7. The Labute approximate surface area is 454 Å². The van der Waals surface area contributed by atoms with Crippen LogP contribution in [-0.2, 0) is 28.6 Å². The number of carbonyl (C=O) groups is 3. The number of unbranched alkanes of at least 4 members (excludes halogenated alkanes) is 40. The van der Waals surface area contributed by atoms with Crippen LogP contribution in [0.5, 0.6) is 0 Å². The molecule has 426 valence electrons. The Balaban J connectivity index is 4.35. The van der Waals surface area contributed by atoms with Gasteiger partial charge in [0.05, 0.1) is 0 Å². The van der Waals surface area contributed by atoms with Gasteiger partial charge in [0.15, 0.2) is 6.10 Å². The summed E-state index contributed by atoms with van der Waals surface area (Å²) in [6, 6.07) is 0. The molecule has 0 aliphatic carbocycles. The maximum atomic E-state index is 12.9. The SMILES string of the molecule is CCCCC/C=C/C/C=C/CCCCCCCCCCCC(=O)OC[C@@H](COC(=O)CCCCCCCCCCCCCCCCCCC)OC(=O)CCCCCCCCCCC/C=C/C/C=C/CCCCC. The van der Waals surface area contributed by atoms with Crippen molar-refractivity contribution in [2.45, 2.75) is 348 Å². The van der Waals surface area contributed by atoms with Crippen LogP contribution in [0.15, 0.2) is 48.6 Å². The molecule has 0 amide bonds. The fraction of sp³-hybridized carbons (Fsp3) is 0.836. The van der Waals surface area contributed by atoms with E-state index in [2.05, 4.69) is 69.4 Å². The predicted octanol–water partition coefficient (Wildman–Crippen LogP) is 21.8. The molecule has 0 rings (SSSR count). The van der Waals surface area contributed by atoms with Gasteiger partial charge in [-0.05, 0) is 83.5 Å². The maximum Gasteiger partial charge on any atom is 0.306 e. The van der Waals surface area contributed by atoms with Crippen molar-refractivity contribution in [3.05, 3.63) is 48.6 Å². The molecule has 0 aromatic heterocycles. The number of hydrogen-bond acceptors (Lipinski definition) is 6. The minimum absolute atomic E-state index is 0.0722. The third kappa shape index (κ3) is 60.1. The number of carbonyl (C=O) groups excluding carboxylic acids is 3. The minimum Gasteiger partial charge on any atom is -0.462 e. The molecule has 0 aliphatic rings. The lowest BCUT2D eigenvalue weighted by molar-refractivity contribution is -0.167. The van der Waals surface area contributed by atoms with E-state index in [1.807, 2.05) is 0 Å². The normalized spacial score (nSPS) is 12.3. The molecule has 0 aliphatic heterocycles. The summed E-state index contributed by atoms with van der Waals surface area (Å²) in [5, 5.41) is 0. The van der Waals surface area contributed by atoms with Crippen LogP contribution in [0.2, 0.25) is 0 Å². The van der Waals surface area contributed by atoms with Crippen LogP contribution in [0.25, 0.3) is 0 Å². The summed E-state index contributed by atoms with van der Waals surface area (Å²) < 4.78 is 17.0. The Bertz CT molecular complexity index is 1270. The van der Waals surface area contributed by atoms with Crippen LogP contribution in [0.3, 0.4) is 0 Å². The van der Waals surface area contributed by atoms with Crippen LogP contribution in [-0.4, -0.2) is 37.2 Å². The highest BCUT2D eigenvalue weighted by atomic mass is 16.6. The Morgan fingerprint density at radius 2 is 0.493 bits per heavy atom. The maximum absolute atomic E-state index is 12.9. The van der Waals surface area contributed by atoms with E-state index in [1.165, 1.54) is 231 Å². The summed E-state index contributed by atoms with van der Waals surface area (Å²) >= 11 is 0. The van der Waals surface area contributed by atoms with E-state index < -0.39 is 6.10 Å². The summed E-state index contributed by atoms with van der Waals surface area (Å²) in [5.41, 5.74) is 0. The monoisotopic (exact) mass is 1020 g/mol. The summed E-state index contributed by atoms with van der Waals surface area (Å²) in [6.45, 7) is 6.64. The molecule has 6 nitrogen and oxygen atoms in total. The molecule has 0 saturated heterocycles. The molecule has 0 aromatic carbocycles. The quantitative estimate of drug-likeness (QED) is 0.0261. The molecule has 6 heteroatoms. The molecule has 0 spiro atoms. The molecular weight excluding hydrogens is 901 g/mol. The van der Waals surface area contributed by atoms with Crippen LogP contribution in [0, 0.1) is 0 Å². The second-order valence-corrected chi connectivity index (χ2v) is 21.7. The first-order valence-electron chi connectivity index (χ1n) is 32.1. The molecule has 0 saturated carbocycles. The molecule has 1 atom stereocenters. The number of ether oxygens (including phenoxy) is 3. The first-order valence-corrected chi connectivity index (χ1v) is 32.1. The van der Waals surface area contributed by atoms with E-state index >= 15 is 0 Å². The Kier molecular flexibility index (Phi) is 59.7. The highest BCUT2D eigenvalue weighted by Gasteiger charge is 2.19. The Morgan fingerprint density at radius 3 is 0.781 bits per heavy atom. The fourth-order valence-electron chi connectivity index (χ4n) is 9.45. The molecule has 0 radical (unpaired) electrons. The number of rotatable bonds is 59. The van der Waals surface area contributed by atoms with Crippen LogP contribution in [0.1, 0.15) is 342 Å². The van der Waals surface area contributed by atoms with Gasteiger partial charge in [0.25, 0.3) is 0 Å². The Morgan fingerprint density at radius 1 is 0.274 bits per heavy atom. The number of hydrogen-bond donors (Lipinski definition) is 0. The van der Waals surface area contributed by atoms with Gasteiger partial charge in [0.1, 0.15) is 13.2 Å². The second kappa shape index (κ2) is 61.9. The van der Waals surface area contributed by atoms with Crippen LogP contribution < -0.4 is 0 Å². The van der Waals surface area contributed by atoms with E-state index in [-0.39, 0.29) is 31.1 Å². The van der Waals surface area contributed by atoms with Gasteiger partial charge in [-0.15, -0.1) is 0 Å². The average Bonchev–Trinajstić information content (AvgIpc) is 3.39. The van der Waals surface area contributed by atoms with E-state index in [9.17, 15) is 14.4 Å². The smallest absolute Gasteiger partial charge is 0.306 e. The third-order valence-corrected chi connectivity index (χ3v) is 14.3. The predicted molar refractivity (Wildman–Crippen MR) is 316 cm³/mol. The fourth-order valence-corrected chi connectivity index (χ4v) is 9.45. The van der Waals surface area contributed by atoms with Gasteiger partial charge in [-0.1, -0.05) is 288 Å². The van der Waals surface area contributed by atoms with Crippen LogP contribution >= 0.6 is 0 Å². The van der Waals surface area contributed by atoms with Gasteiger partial charge < -0.3 is 14.2 Å². The van der Waals surface area contributed by atoms with E-state index in [0.717, 1.165) is 70.6 Å². The number of allylic oxidation sites excluding steroid dienone is 8. The molecule has 0 bridgehead atoms. The lowest BCUT2D eigenvalue weighted by atomic mass is 10.0. The molecule has 0 fully saturated rings. The summed E-state index contributed by atoms with van der Waals surface area (Å²) in [4.78, 5) is 38.3. The van der Waals surface area contributed by atoms with Crippen molar-refractivity contribution in [2.75, 3.05) is 13.2 Å². The lowest BCUT2D eigenvalue weighted by Crippen LogP contribution is -2.30.